The molecule has 1 rings (SSSR count). The van der Waals surface area contributed by atoms with Crippen molar-refractivity contribution < 1.29 is 14.3 Å². The van der Waals surface area contributed by atoms with E-state index in [9.17, 15) is 9.59 Å². The van der Waals surface area contributed by atoms with Crippen LogP contribution in [-0.2, 0) is 9.53 Å². The number of ketones is 1. The van der Waals surface area contributed by atoms with Gasteiger partial charge in [0, 0.05) is 19.5 Å². The van der Waals surface area contributed by atoms with Gasteiger partial charge < -0.3 is 15.4 Å². The van der Waals surface area contributed by atoms with Gasteiger partial charge in [0.05, 0.1) is 6.54 Å². The van der Waals surface area contributed by atoms with Crippen molar-refractivity contribution in [3.8, 4) is 0 Å². The second-order valence-corrected chi connectivity index (χ2v) is 6.21. The SMILES string of the molecule is CC(C)(C)OC(=O)N1CCCC(CC(=O)CN)CC1. The van der Waals surface area contributed by atoms with Crippen LogP contribution in [0, 0.1) is 5.92 Å². The predicted molar refractivity (Wildman–Crippen MR) is 73.8 cm³/mol. The monoisotopic (exact) mass is 270 g/mol. The van der Waals surface area contributed by atoms with Gasteiger partial charge in [-0.15, -0.1) is 0 Å². The van der Waals surface area contributed by atoms with Gasteiger partial charge in [0.2, 0.25) is 0 Å². The van der Waals surface area contributed by atoms with Gasteiger partial charge in [-0.05, 0) is 46.0 Å². The minimum Gasteiger partial charge on any atom is -0.444 e. The van der Waals surface area contributed by atoms with E-state index < -0.39 is 5.60 Å². The lowest BCUT2D eigenvalue weighted by Gasteiger charge is -2.26. The Morgan fingerprint density at radius 1 is 1.26 bits per heavy atom. The molecule has 1 fully saturated rings. The van der Waals surface area contributed by atoms with Crippen LogP contribution in [-0.4, -0.2) is 42.0 Å². The van der Waals surface area contributed by atoms with Crippen LogP contribution in [0.25, 0.3) is 0 Å². The number of rotatable bonds is 3. The molecule has 1 heterocycles. The Morgan fingerprint density at radius 2 is 1.95 bits per heavy atom. The summed E-state index contributed by atoms with van der Waals surface area (Å²) in [4.78, 5) is 25.1. The highest BCUT2D eigenvalue weighted by molar-refractivity contribution is 5.80. The molecule has 1 saturated heterocycles. The molecule has 0 aromatic carbocycles. The third kappa shape index (κ3) is 6.05. The molecule has 0 bridgehead atoms. The molecule has 0 spiro atoms. The van der Waals surface area contributed by atoms with Gasteiger partial charge in [-0.3, -0.25) is 4.79 Å². The fourth-order valence-electron chi connectivity index (χ4n) is 2.28. The maximum atomic E-state index is 12.0. The second-order valence-electron chi connectivity index (χ2n) is 6.21. The first-order valence-corrected chi connectivity index (χ1v) is 7.01. The van der Waals surface area contributed by atoms with Crippen molar-refractivity contribution in [3.63, 3.8) is 0 Å². The fourth-order valence-corrected chi connectivity index (χ4v) is 2.28. The summed E-state index contributed by atoms with van der Waals surface area (Å²) in [5.74, 6) is 0.458. The molecule has 2 N–H and O–H groups in total. The summed E-state index contributed by atoms with van der Waals surface area (Å²) in [7, 11) is 0. The predicted octanol–water partition coefficient (Wildman–Crippen LogP) is 1.94. The number of carbonyl (C=O) groups is 2. The molecule has 5 nitrogen and oxygen atoms in total. The van der Waals surface area contributed by atoms with Gasteiger partial charge >= 0.3 is 6.09 Å². The molecule has 1 aliphatic heterocycles. The van der Waals surface area contributed by atoms with Crippen LogP contribution in [0.1, 0.15) is 46.5 Å². The van der Waals surface area contributed by atoms with E-state index >= 15 is 0 Å². The lowest BCUT2D eigenvalue weighted by Crippen LogP contribution is -2.37. The highest BCUT2D eigenvalue weighted by Crippen LogP contribution is 2.22. The van der Waals surface area contributed by atoms with E-state index in [4.69, 9.17) is 10.5 Å². The zero-order valence-corrected chi connectivity index (χ0v) is 12.3. The molecule has 0 aliphatic carbocycles. The van der Waals surface area contributed by atoms with Crippen molar-refractivity contribution in [3.05, 3.63) is 0 Å². The Hall–Kier alpha value is -1.10. The molecular formula is C14H26N2O3. The lowest BCUT2D eigenvalue weighted by atomic mass is 9.95. The molecule has 1 atom stereocenters. The number of carbonyl (C=O) groups excluding carboxylic acids is 2. The summed E-state index contributed by atoms with van der Waals surface area (Å²) >= 11 is 0. The summed E-state index contributed by atoms with van der Waals surface area (Å²) < 4.78 is 5.37. The first kappa shape index (κ1) is 16.0. The van der Waals surface area contributed by atoms with Crippen LogP contribution in [0.5, 0.6) is 0 Å². The number of likely N-dealkylation sites (tertiary alicyclic amines) is 1. The normalized spacial score (nSPS) is 20.8. The molecule has 0 aromatic heterocycles. The van der Waals surface area contributed by atoms with Gasteiger partial charge in [-0.25, -0.2) is 4.79 Å². The van der Waals surface area contributed by atoms with E-state index in [-0.39, 0.29) is 18.4 Å². The second kappa shape index (κ2) is 6.89. The van der Waals surface area contributed by atoms with E-state index in [1.54, 1.807) is 4.90 Å². The lowest BCUT2D eigenvalue weighted by molar-refractivity contribution is -0.118. The first-order valence-electron chi connectivity index (χ1n) is 7.01. The summed E-state index contributed by atoms with van der Waals surface area (Å²) in [6.07, 6.45) is 3.04. The summed E-state index contributed by atoms with van der Waals surface area (Å²) in [5, 5.41) is 0. The van der Waals surface area contributed by atoms with Gasteiger partial charge in [0.15, 0.2) is 0 Å². The largest absolute Gasteiger partial charge is 0.444 e. The fraction of sp³-hybridized carbons (Fsp3) is 0.857. The van der Waals surface area contributed by atoms with Crippen molar-refractivity contribution in [2.24, 2.45) is 11.7 Å². The first-order chi connectivity index (χ1) is 8.81. The third-order valence-corrected chi connectivity index (χ3v) is 3.24. The Labute approximate surface area is 115 Å². The van der Waals surface area contributed by atoms with Crippen LogP contribution in [0.3, 0.4) is 0 Å². The molecule has 1 unspecified atom stereocenters. The minimum absolute atomic E-state index is 0.107. The highest BCUT2D eigenvalue weighted by atomic mass is 16.6. The topological polar surface area (TPSA) is 72.6 Å². The van der Waals surface area contributed by atoms with Gasteiger partial charge in [-0.2, -0.15) is 0 Å². The summed E-state index contributed by atoms with van der Waals surface area (Å²) in [6.45, 7) is 7.09. The van der Waals surface area contributed by atoms with Crippen LogP contribution in [0.4, 0.5) is 4.79 Å². The maximum Gasteiger partial charge on any atom is 0.410 e. The number of hydrogen-bond donors (Lipinski definition) is 1. The quantitative estimate of drug-likeness (QED) is 0.850. The van der Waals surface area contributed by atoms with Crippen LogP contribution < -0.4 is 5.73 Å². The molecule has 5 heteroatoms. The van der Waals surface area contributed by atoms with E-state index in [1.807, 2.05) is 20.8 Å². The van der Waals surface area contributed by atoms with E-state index in [0.29, 0.717) is 25.4 Å². The number of nitrogens with two attached hydrogens (primary N) is 1. The Balaban J connectivity index is 2.45. The maximum absolute atomic E-state index is 12.0. The highest BCUT2D eigenvalue weighted by Gasteiger charge is 2.25. The van der Waals surface area contributed by atoms with Crippen molar-refractivity contribution >= 4 is 11.9 Å². The summed E-state index contributed by atoms with van der Waals surface area (Å²) in [6, 6.07) is 0. The Bertz CT molecular complexity index is 323. The average Bonchev–Trinajstić information content (AvgIpc) is 2.52. The Morgan fingerprint density at radius 3 is 2.53 bits per heavy atom. The number of amides is 1. The van der Waals surface area contributed by atoms with E-state index in [2.05, 4.69) is 0 Å². The van der Waals surface area contributed by atoms with Crippen LogP contribution >= 0.6 is 0 Å². The van der Waals surface area contributed by atoms with Gasteiger partial charge in [0.25, 0.3) is 0 Å². The molecule has 0 aromatic rings. The van der Waals surface area contributed by atoms with Gasteiger partial charge in [0.1, 0.15) is 11.4 Å². The number of hydrogen-bond acceptors (Lipinski definition) is 4. The standard InChI is InChI=1S/C14H26N2O3/c1-14(2,3)19-13(18)16-7-4-5-11(6-8-16)9-12(17)10-15/h11H,4-10,15H2,1-3H3. The minimum atomic E-state index is -0.460. The molecule has 19 heavy (non-hydrogen) atoms. The number of Topliss-reactive ketones (excluding diaryl/α,β-unsaturated/α-hetero) is 1. The number of ether oxygens (including phenoxy) is 1. The van der Waals surface area contributed by atoms with Crippen molar-refractivity contribution in [2.75, 3.05) is 19.6 Å². The van der Waals surface area contributed by atoms with Crippen molar-refractivity contribution in [2.45, 2.75) is 52.1 Å². The Kier molecular flexibility index (Phi) is 5.79. The van der Waals surface area contributed by atoms with Crippen LogP contribution in [0.2, 0.25) is 0 Å². The van der Waals surface area contributed by atoms with E-state index in [1.165, 1.54) is 0 Å². The van der Waals surface area contributed by atoms with Crippen molar-refractivity contribution in [1.29, 1.82) is 0 Å². The van der Waals surface area contributed by atoms with Gasteiger partial charge in [-0.1, -0.05) is 0 Å². The summed E-state index contributed by atoms with van der Waals surface area (Å²) in [5.41, 5.74) is 4.88. The third-order valence-electron chi connectivity index (χ3n) is 3.24. The number of nitrogens with zero attached hydrogens (tertiary/aromatic N) is 1. The smallest absolute Gasteiger partial charge is 0.410 e. The van der Waals surface area contributed by atoms with Crippen molar-refractivity contribution in [1.82, 2.24) is 4.90 Å². The molecule has 0 saturated carbocycles. The zero-order valence-electron chi connectivity index (χ0n) is 12.3. The zero-order chi connectivity index (χ0) is 14.5. The molecule has 1 amide bonds. The van der Waals surface area contributed by atoms with E-state index in [0.717, 1.165) is 19.3 Å². The molecule has 110 valence electrons. The molecular weight excluding hydrogens is 244 g/mol. The van der Waals surface area contributed by atoms with Crippen LogP contribution in [0.15, 0.2) is 0 Å². The molecule has 1 aliphatic rings. The molecule has 0 radical (unpaired) electrons. The average molecular weight is 270 g/mol.